The Morgan fingerprint density at radius 1 is 1.17 bits per heavy atom. The van der Waals surface area contributed by atoms with E-state index in [0.29, 0.717) is 56.2 Å². The second kappa shape index (κ2) is 11.7. The minimum absolute atomic E-state index is 0. The number of ether oxygens (including phenoxy) is 1. The maximum absolute atomic E-state index is 13.0. The third-order valence-electron chi connectivity index (χ3n) is 5.49. The van der Waals surface area contributed by atoms with Gasteiger partial charge in [-0.1, -0.05) is 6.07 Å². The van der Waals surface area contributed by atoms with E-state index in [9.17, 15) is 23.1 Å². The van der Waals surface area contributed by atoms with E-state index in [2.05, 4.69) is 15.3 Å². The van der Waals surface area contributed by atoms with Crippen molar-refractivity contribution in [2.45, 2.75) is 38.5 Å². The molecule has 3 aromatic rings. The number of carbonyl (C=O) groups excluding carboxylic acids is 1. The molecule has 0 atom stereocenters. The minimum atomic E-state index is -4.65. The Morgan fingerprint density at radius 2 is 1.86 bits per heavy atom. The number of fused-ring (bicyclic) bond motifs is 1. The third kappa shape index (κ3) is 7.27. The number of carbonyl (C=O) groups is 1. The standard InChI is InChI=1S/C23H26F3N5O3.CH3.W/c1-22(2,33)7-6-15-13-31-14-17(18(12-20(31)27-15)30-8-10-34-11-9-30)29-21(32)16-4-3-5-19(28-16)23(24,25)26;;/h3-5,12-14,33H,6-11H2,1-2H3,(H,29,32);1H3;/q;-1;. The smallest absolute Gasteiger partial charge is 0.390 e. The van der Waals surface area contributed by atoms with Gasteiger partial charge < -0.3 is 31.9 Å². The van der Waals surface area contributed by atoms with Crippen molar-refractivity contribution in [1.82, 2.24) is 14.4 Å². The maximum atomic E-state index is 13.0. The van der Waals surface area contributed by atoms with Gasteiger partial charge >= 0.3 is 6.18 Å². The topological polar surface area (TPSA) is 92.0 Å². The van der Waals surface area contributed by atoms with Crippen LogP contribution in [-0.4, -0.2) is 57.3 Å². The number of hydrogen-bond acceptors (Lipinski definition) is 6. The van der Waals surface area contributed by atoms with Gasteiger partial charge in [0.15, 0.2) is 0 Å². The summed E-state index contributed by atoms with van der Waals surface area (Å²) in [6.45, 7) is 5.67. The second-order valence-corrected chi connectivity index (χ2v) is 8.84. The van der Waals surface area contributed by atoms with Crippen LogP contribution in [0.3, 0.4) is 0 Å². The Labute approximate surface area is 222 Å². The van der Waals surface area contributed by atoms with Crippen molar-refractivity contribution in [3.63, 3.8) is 0 Å². The van der Waals surface area contributed by atoms with Crippen molar-refractivity contribution >= 4 is 22.9 Å². The number of imidazole rings is 1. The van der Waals surface area contributed by atoms with E-state index in [1.807, 2.05) is 17.2 Å². The fourth-order valence-corrected chi connectivity index (χ4v) is 3.70. The second-order valence-electron chi connectivity index (χ2n) is 8.84. The Bertz CT molecular complexity index is 1190. The normalized spacial score (nSPS) is 14.2. The van der Waals surface area contributed by atoms with E-state index < -0.39 is 23.4 Å². The van der Waals surface area contributed by atoms with Gasteiger partial charge in [-0.15, -0.1) is 0 Å². The van der Waals surface area contributed by atoms with E-state index in [-0.39, 0.29) is 34.2 Å². The predicted molar refractivity (Wildman–Crippen MR) is 126 cm³/mol. The van der Waals surface area contributed by atoms with E-state index in [1.165, 1.54) is 6.07 Å². The Balaban J connectivity index is 0.00000228. The first-order valence-corrected chi connectivity index (χ1v) is 10.9. The number of hydrogen-bond donors (Lipinski definition) is 2. The van der Waals surface area contributed by atoms with Crippen LogP contribution in [0.2, 0.25) is 0 Å². The van der Waals surface area contributed by atoms with Gasteiger partial charge in [0.1, 0.15) is 17.0 Å². The maximum Gasteiger partial charge on any atom is 0.433 e. The zero-order valence-corrected chi connectivity index (χ0v) is 23.2. The van der Waals surface area contributed by atoms with E-state index in [4.69, 9.17) is 4.74 Å². The molecule has 8 nitrogen and oxygen atoms in total. The van der Waals surface area contributed by atoms with E-state index in [1.54, 1.807) is 24.4 Å². The number of morpholine rings is 1. The monoisotopic (exact) mass is 676 g/mol. The summed E-state index contributed by atoms with van der Waals surface area (Å²) in [5.41, 5.74) is 0.252. The molecular formula is C24H29F3N5O3W-. The van der Waals surface area contributed by atoms with Crippen LogP contribution in [0.25, 0.3) is 5.65 Å². The van der Waals surface area contributed by atoms with Crippen molar-refractivity contribution in [2.75, 3.05) is 36.5 Å². The molecule has 196 valence electrons. The first kappa shape index (κ1) is 29.7. The van der Waals surface area contributed by atoms with Gasteiger partial charge in [-0.25, -0.2) is 9.97 Å². The molecule has 0 aromatic carbocycles. The van der Waals surface area contributed by atoms with Crippen molar-refractivity contribution < 1.29 is 48.9 Å². The van der Waals surface area contributed by atoms with Gasteiger partial charge in [-0.2, -0.15) is 13.2 Å². The summed E-state index contributed by atoms with van der Waals surface area (Å²) in [6.07, 6.45) is -0.0645. The summed E-state index contributed by atoms with van der Waals surface area (Å²) in [5, 5.41) is 12.7. The average molecular weight is 676 g/mol. The van der Waals surface area contributed by atoms with Crippen molar-refractivity contribution in [1.29, 1.82) is 0 Å². The largest absolute Gasteiger partial charge is 0.433 e. The molecule has 3 aromatic heterocycles. The van der Waals surface area contributed by atoms with Gasteiger partial charge in [0.2, 0.25) is 0 Å². The number of halogens is 3. The number of rotatable bonds is 6. The average Bonchev–Trinajstić information content (AvgIpc) is 3.19. The molecule has 0 spiro atoms. The zero-order chi connectivity index (χ0) is 24.5. The molecule has 2 N–H and O–H groups in total. The van der Waals surface area contributed by atoms with Gasteiger partial charge in [0.25, 0.3) is 5.91 Å². The van der Waals surface area contributed by atoms with Crippen molar-refractivity contribution in [3.05, 3.63) is 61.2 Å². The van der Waals surface area contributed by atoms with Crippen LogP contribution in [0.15, 0.2) is 36.7 Å². The predicted octanol–water partition coefficient (Wildman–Crippen LogP) is 3.99. The number of aliphatic hydroxyl groups is 1. The summed E-state index contributed by atoms with van der Waals surface area (Å²) < 4.78 is 46.3. The molecule has 0 bridgehead atoms. The van der Waals surface area contributed by atoms with Crippen LogP contribution in [0.5, 0.6) is 0 Å². The molecule has 0 saturated carbocycles. The van der Waals surface area contributed by atoms with E-state index >= 15 is 0 Å². The molecule has 1 aliphatic heterocycles. The third-order valence-corrected chi connectivity index (χ3v) is 5.49. The Hall–Kier alpha value is -2.49. The molecule has 4 rings (SSSR count). The van der Waals surface area contributed by atoms with Crippen LogP contribution < -0.4 is 10.2 Å². The molecule has 0 unspecified atom stereocenters. The molecule has 36 heavy (non-hydrogen) atoms. The van der Waals surface area contributed by atoms with Crippen molar-refractivity contribution in [3.8, 4) is 0 Å². The van der Waals surface area contributed by atoms with Gasteiger partial charge in [-0.05, 0) is 38.8 Å². The first-order chi connectivity index (χ1) is 16.0. The molecule has 12 heteroatoms. The number of aromatic nitrogens is 3. The Morgan fingerprint density at radius 3 is 2.50 bits per heavy atom. The summed E-state index contributed by atoms with van der Waals surface area (Å²) in [7, 11) is 0. The first-order valence-electron chi connectivity index (χ1n) is 10.9. The Kier molecular flexibility index (Phi) is 9.67. The fraction of sp³-hybridized carbons (Fsp3) is 0.417. The minimum Gasteiger partial charge on any atom is -0.390 e. The molecule has 1 aliphatic rings. The quantitative estimate of drug-likeness (QED) is 0.384. The van der Waals surface area contributed by atoms with Crippen LogP contribution in [-0.2, 0) is 38.4 Å². The molecule has 0 radical (unpaired) electrons. The van der Waals surface area contributed by atoms with Crippen LogP contribution in [0.4, 0.5) is 24.5 Å². The summed E-state index contributed by atoms with van der Waals surface area (Å²) in [6, 6.07) is 5.04. The summed E-state index contributed by atoms with van der Waals surface area (Å²) >= 11 is 0. The molecule has 4 heterocycles. The molecule has 1 saturated heterocycles. The summed E-state index contributed by atoms with van der Waals surface area (Å²) in [4.78, 5) is 23.0. The van der Waals surface area contributed by atoms with Crippen LogP contribution in [0, 0.1) is 7.43 Å². The fourth-order valence-electron chi connectivity index (χ4n) is 3.70. The number of alkyl halides is 3. The van der Waals surface area contributed by atoms with Crippen molar-refractivity contribution in [2.24, 2.45) is 0 Å². The van der Waals surface area contributed by atoms with Crippen LogP contribution >= 0.6 is 0 Å². The number of amides is 1. The molecule has 0 aliphatic carbocycles. The zero-order valence-electron chi connectivity index (χ0n) is 20.3. The van der Waals surface area contributed by atoms with Crippen LogP contribution in [0.1, 0.15) is 42.1 Å². The SMILES string of the molecule is CC(C)(O)CCc1cn2cc(NC(=O)c3cccc(C(F)(F)F)n3)c(N3CCOCC3)cc2n1.[CH3-].[W]. The molecule has 1 fully saturated rings. The number of pyridine rings is 2. The van der Waals surface area contributed by atoms with Gasteiger partial charge in [-0.3, -0.25) is 4.79 Å². The van der Waals surface area contributed by atoms with E-state index in [0.717, 1.165) is 17.8 Å². The number of nitrogens with zero attached hydrogens (tertiary/aromatic N) is 4. The molecular weight excluding hydrogens is 647 g/mol. The number of nitrogens with one attached hydrogen (secondary N) is 1. The number of anilines is 2. The van der Waals surface area contributed by atoms with Gasteiger partial charge in [0, 0.05) is 52.6 Å². The van der Waals surface area contributed by atoms with Gasteiger partial charge in [0.05, 0.1) is 35.9 Å². The molecule has 1 amide bonds. The number of aryl methyl sites for hydroxylation is 1. The summed E-state index contributed by atoms with van der Waals surface area (Å²) in [5.74, 6) is -0.748.